The Morgan fingerprint density at radius 1 is 1.14 bits per heavy atom. The predicted molar refractivity (Wildman–Crippen MR) is 149 cm³/mol. The van der Waals surface area contributed by atoms with E-state index >= 15 is 0 Å². The Bertz CT molecular complexity index is 913. The normalized spacial score (nSPS) is 31.3. The molecule has 1 fully saturated rings. The van der Waals surface area contributed by atoms with Gasteiger partial charge in [-0.05, 0) is 123 Å². The molecular formula is C31H52N2O4. The zero-order valence-corrected chi connectivity index (χ0v) is 24.5. The highest BCUT2D eigenvalue weighted by Crippen LogP contribution is 2.55. The van der Waals surface area contributed by atoms with E-state index in [1.54, 1.807) is 6.92 Å². The third kappa shape index (κ3) is 7.77. The minimum Gasteiger partial charge on any atom is -0.369 e. The van der Waals surface area contributed by atoms with E-state index in [4.69, 9.17) is 10.5 Å². The summed E-state index contributed by atoms with van der Waals surface area (Å²) in [6.07, 6.45) is 8.11. The van der Waals surface area contributed by atoms with Gasteiger partial charge in [-0.3, -0.25) is 9.59 Å². The molecule has 0 aliphatic heterocycles. The molecule has 0 saturated heterocycles. The number of allylic oxidation sites excluding steroid dienone is 4. The van der Waals surface area contributed by atoms with Crippen LogP contribution < -0.4 is 11.1 Å². The average Bonchev–Trinajstić information content (AvgIpc) is 3.56. The third-order valence-electron chi connectivity index (χ3n) is 9.03. The number of nitrogens with one attached hydrogen (secondary N) is 1. The van der Waals surface area contributed by atoms with Gasteiger partial charge >= 0.3 is 0 Å². The molecule has 7 atom stereocenters. The lowest BCUT2D eigenvalue weighted by atomic mass is 9.73. The molecule has 3 aliphatic rings. The van der Waals surface area contributed by atoms with Gasteiger partial charge in [0.15, 0.2) is 6.29 Å². The first-order chi connectivity index (χ1) is 17.1. The first-order valence-corrected chi connectivity index (χ1v) is 14.4. The number of rotatable bonds is 11. The van der Waals surface area contributed by atoms with Crippen LogP contribution in [-0.2, 0) is 14.3 Å². The fraction of sp³-hybridized carbons (Fsp3) is 0.806. The number of ketones is 1. The zero-order valence-electron chi connectivity index (χ0n) is 24.5. The maximum atomic E-state index is 12.8. The summed E-state index contributed by atoms with van der Waals surface area (Å²) in [6, 6.07) is 0. The molecule has 4 N–H and O–H groups in total. The van der Waals surface area contributed by atoms with E-state index in [1.165, 1.54) is 16.7 Å². The number of hydrogen-bond acceptors (Lipinski definition) is 5. The second-order valence-electron chi connectivity index (χ2n) is 13.7. The van der Waals surface area contributed by atoms with Crippen molar-refractivity contribution < 1.29 is 19.4 Å². The van der Waals surface area contributed by atoms with Gasteiger partial charge in [-0.15, -0.1) is 0 Å². The van der Waals surface area contributed by atoms with Crippen molar-refractivity contribution in [1.29, 1.82) is 0 Å². The van der Waals surface area contributed by atoms with Crippen LogP contribution in [0.1, 0.15) is 100 Å². The van der Waals surface area contributed by atoms with Crippen LogP contribution in [0, 0.1) is 35.5 Å². The minimum absolute atomic E-state index is 0.0902. The Labute approximate surface area is 224 Å². The van der Waals surface area contributed by atoms with Crippen LogP contribution >= 0.6 is 0 Å². The molecule has 0 bridgehead atoms. The predicted octanol–water partition coefficient (Wildman–Crippen LogP) is 5.29. The summed E-state index contributed by atoms with van der Waals surface area (Å²) >= 11 is 0. The van der Waals surface area contributed by atoms with Gasteiger partial charge in [-0.25, -0.2) is 0 Å². The van der Waals surface area contributed by atoms with Crippen LogP contribution in [-0.4, -0.2) is 40.8 Å². The smallest absolute Gasteiger partial charge is 0.221 e. The van der Waals surface area contributed by atoms with Crippen molar-refractivity contribution in [3.05, 3.63) is 22.8 Å². The molecule has 0 aromatic rings. The molecule has 1 amide bonds. The number of nitrogens with two attached hydrogens (primary N) is 1. The number of aliphatic hydroxyl groups excluding tert-OH is 1. The fourth-order valence-electron chi connectivity index (χ4n) is 6.60. The van der Waals surface area contributed by atoms with Gasteiger partial charge in [0.25, 0.3) is 0 Å². The van der Waals surface area contributed by atoms with Gasteiger partial charge in [0, 0.05) is 11.8 Å². The highest BCUT2D eigenvalue weighted by atomic mass is 16.6. The lowest BCUT2D eigenvalue weighted by molar-refractivity contribution is -0.198. The van der Waals surface area contributed by atoms with Crippen molar-refractivity contribution in [1.82, 2.24) is 5.32 Å². The molecule has 4 unspecified atom stereocenters. The summed E-state index contributed by atoms with van der Waals surface area (Å²) < 4.78 is 5.76. The van der Waals surface area contributed by atoms with Crippen LogP contribution in [0.25, 0.3) is 0 Å². The minimum atomic E-state index is -0.900. The summed E-state index contributed by atoms with van der Waals surface area (Å²) in [7, 11) is 0. The maximum absolute atomic E-state index is 12.8. The molecule has 0 spiro atoms. The molecule has 6 nitrogen and oxygen atoms in total. The first kappa shape index (κ1) is 30.0. The SMILES string of the molecule is CC(=O)C1CC1[C@H]1C(CCCCNC(C)(C)[C@@H](O)OC(C)(C)C)CC2=C(CC1C(N)=O)C[C@H](C)C(C)=C2. The fourth-order valence-corrected chi connectivity index (χ4v) is 6.60. The van der Waals surface area contributed by atoms with E-state index in [2.05, 4.69) is 25.2 Å². The largest absolute Gasteiger partial charge is 0.369 e. The second kappa shape index (κ2) is 11.7. The summed E-state index contributed by atoms with van der Waals surface area (Å²) in [6.45, 7) is 16.7. The number of Topliss-reactive ketones (excluding diaryl/α,β-unsaturated/α-hetero) is 1. The highest BCUT2D eigenvalue weighted by Gasteiger charge is 2.52. The van der Waals surface area contributed by atoms with Crippen LogP contribution in [0.4, 0.5) is 0 Å². The van der Waals surface area contributed by atoms with Gasteiger partial charge in [0.05, 0.1) is 11.1 Å². The van der Waals surface area contributed by atoms with Gasteiger partial charge in [0.2, 0.25) is 5.91 Å². The molecule has 37 heavy (non-hydrogen) atoms. The number of aliphatic hydroxyl groups is 1. The molecule has 0 radical (unpaired) electrons. The molecule has 1 saturated carbocycles. The molecule has 0 aromatic carbocycles. The van der Waals surface area contributed by atoms with E-state index < -0.39 is 17.4 Å². The molecule has 3 aliphatic carbocycles. The second-order valence-corrected chi connectivity index (χ2v) is 13.7. The van der Waals surface area contributed by atoms with Crippen LogP contribution in [0.15, 0.2) is 22.8 Å². The number of ether oxygens (including phenoxy) is 1. The lowest BCUT2D eigenvalue weighted by Gasteiger charge is -2.36. The quantitative estimate of drug-likeness (QED) is 0.256. The maximum Gasteiger partial charge on any atom is 0.221 e. The number of carbonyl (C=O) groups excluding carboxylic acids is 2. The number of hydrogen-bond donors (Lipinski definition) is 3. The van der Waals surface area contributed by atoms with Crippen LogP contribution in [0.5, 0.6) is 0 Å². The highest BCUT2D eigenvalue weighted by molar-refractivity contribution is 5.82. The monoisotopic (exact) mass is 516 g/mol. The van der Waals surface area contributed by atoms with E-state index in [-0.39, 0.29) is 35.4 Å². The summed E-state index contributed by atoms with van der Waals surface area (Å²) in [4.78, 5) is 25.0. The van der Waals surface area contributed by atoms with Crippen molar-refractivity contribution in [3.63, 3.8) is 0 Å². The topological polar surface area (TPSA) is 102 Å². The van der Waals surface area contributed by atoms with E-state index in [9.17, 15) is 14.7 Å². The van der Waals surface area contributed by atoms with Crippen LogP contribution in [0.2, 0.25) is 0 Å². The standard InChI is InChI=1S/C31H52N2O4/c1-18-13-22-15-21(11-9-10-12-33-31(7,8)29(36)37-30(4,5)6)27(25-17-24(25)20(3)34)26(28(32)35)16-23(22)14-19(18)2/h13,19,21,24-27,29,33,36H,9-12,14-17H2,1-8H3,(H2,32,35)/t19-,21?,24?,25?,26?,27+,29-/m0/s1. The Balaban J connectivity index is 1.69. The number of unbranched alkanes of at least 4 members (excludes halogenated alkanes) is 1. The van der Waals surface area contributed by atoms with E-state index in [1.807, 2.05) is 34.6 Å². The van der Waals surface area contributed by atoms with Crippen molar-refractivity contribution >= 4 is 11.7 Å². The lowest BCUT2D eigenvalue weighted by Crippen LogP contribution is -2.53. The number of primary amides is 1. The first-order valence-electron chi connectivity index (χ1n) is 14.4. The van der Waals surface area contributed by atoms with Gasteiger partial charge in [-0.2, -0.15) is 0 Å². The van der Waals surface area contributed by atoms with Gasteiger partial charge < -0.3 is 20.9 Å². The molecule has 6 heteroatoms. The molecule has 3 rings (SSSR count). The van der Waals surface area contributed by atoms with Gasteiger partial charge in [0.1, 0.15) is 5.78 Å². The summed E-state index contributed by atoms with van der Waals surface area (Å²) in [5, 5.41) is 14.0. The molecule has 210 valence electrons. The van der Waals surface area contributed by atoms with Gasteiger partial charge in [-0.1, -0.05) is 30.6 Å². The molecule has 0 heterocycles. The molecular weight excluding hydrogens is 464 g/mol. The number of amides is 1. The average molecular weight is 517 g/mol. The van der Waals surface area contributed by atoms with Crippen molar-refractivity contribution in [2.24, 2.45) is 41.2 Å². The zero-order chi connectivity index (χ0) is 27.7. The van der Waals surface area contributed by atoms with Crippen molar-refractivity contribution in [2.45, 2.75) is 118 Å². The summed E-state index contributed by atoms with van der Waals surface area (Å²) in [5.41, 5.74) is 9.32. The van der Waals surface area contributed by atoms with Crippen molar-refractivity contribution in [3.8, 4) is 0 Å². The summed E-state index contributed by atoms with van der Waals surface area (Å²) in [5.74, 6) is 1.26. The Hall–Kier alpha value is -1.50. The van der Waals surface area contributed by atoms with E-state index in [0.717, 1.165) is 51.5 Å². The van der Waals surface area contributed by atoms with Crippen molar-refractivity contribution in [2.75, 3.05) is 6.54 Å². The third-order valence-corrected chi connectivity index (χ3v) is 9.03. The number of carbonyl (C=O) groups is 2. The van der Waals surface area contributed by atoms with E-state index in [0.29, 0.717) is 11.8 Å². The Morgan fingerprint density at radius 3 is 2.38 bits per heavy atom. The van der Waals surface area contributed by atoms with Crippen LogP contribution in [0.3, 0.4) is 0 Å². The Morgan fingerprint density at radius 2 is 1.81 bits per heavy atom. The Kier molecular flexibility index (Phi) is 9.51. The molecule has 0 aromatic heterocycles.